The Labute approximate surface area is 103 Å². The summed E-state index contributed by atoms with van der Waals surface area (Å²) in [4.78, 5) is 13.4. The molecule has 0 spiro atoms. The SMILES string of the molecule is CCNc1cncc(N2CCC(N(C)C)C2)n1. The maximum Gasteiger partial charge on any atom is 0.149 e. The maximum atomic E-state index is 4.57. The Balaban J connectivity index is 2.05. The fourth-order valence-corrected chi connectivity index (χ4v) is 2.15. The lowest BCUT2D eigenvalue weighted by Gasteiger charge is -2.21. The van der Waals surface area contributed by atoms with Gasteiger partial charge in [0.25, 0.3) is 0 Å². The fourth-order valence-electron chi connectivity index (χ4n) is 2.15. The summed E-state index contributed by atoms with van der Waals surface area (Å²) in [5.41, 5.74) is 0. The number of hydrogen-bond acceptors (Lipinski definition) is 5. The van der Waals surface area contributed by atoms with Crippen LogP contribution in [0.1, 0.15) is 13.3 Å². The van der Waals surface area contributed by atoms with Crippen LogP contribution in [-0.2, 0) is 0 Å². The number of likely N-dealkylation sites (N-methyl/N-ethyl adjacent to an activating group) is 1. The van der Waals surface area contributed by atoms with E-state index in [1.54, 1.807) is 6.20 Å². The summed E-state index contributed by atoms with van der Waals surface area (Å²) >= 11 is 0. The lowest BCUT2D eigenvalue weighted by molar-refractivity contribution is 0.315. The molecule has 1 aromatic rings. The molecule has 2 rings (SSSR count). The molecule has 1 aliphatic rings. The van der Waals surface area contributed by atoms with Crippen LogP contribution < -0.4 is 10.2 Å². The van der Waals surface area contributed by atoms with E-state index in [0.717, 1.165) is 31.3 Å². The van der Waals surface area contributed by atoms with Gasteiger partial charge in [0.1, 0.15) is 11.6 Å². The number of nitrogens with zero attached hydrogens (tertiary/aromatic N) is 4. The molecule has 0 radical (unpaired) electrons. The molecule has 1 atom stereocenters. The van der Waals surface area contributed by atoms with Crippen molar-refractivity contribution < 1.29 is 0 Å². The molecule has 17 heavy (non-hydrogen) atoms. The van der Waals surface area contributed by atoms with Crippen molar-refractivity contribution in [3.8, 4) is 0 Å². The zero-order chi connectivity index (χ0) is 12.3. The fraction of sp³-hybridized carbons (Fsp3) is 0.667. The molecular weight excluding hydrogens is 214 g/mol. The molecule has 5 heteroatoms. The van der Waals surface area contributed by atoms with Gasteiger partial charge in [0, 0.05) is 25.7 Å². The molecule has 1 aromatic heterocycles. The molecule has 0 bridgehead atoms. The highest BCUT2D eigenvalue weighted by Crippen LogP contribution is 2.20. The van der Waals surface area contributed by atoms with Crippen LogP contribution in [0.15, 0.2) is 12.4 Å². The van der Waals surface area contributed by atoms with Crippen molar-refractivity contribution in [1.82, 2.24) is 14.9 Å². The van der Waals surface area contributed by atoms with Crippen LogP contribution in [0.25, 0.3) is 0 Å². The summed E-state index contributed by atoms with van der Waals surface area (Å²) in [5.74, 6) is 1.84. The van der Waals surface area contributed by atoms with Crippen LogP contribution in [0, 0.1) is 0 Å². The molecule has 1 N–H and O–H groups in total. The minimum atomic E-state index is 0.625. The van der Waals surface area contributed by atoms with Crippen molar-refractivity contribution in [3.63, 3.8) is 0 Å². The number of rotatable bonds is 4. The zero-order valence-corrected chi connectivity index (χ0v) is 10.8. The van der Waals surface area contributed by atoms with Gasteiger partial charge in [0.05, 0.1) is 12.4 Å². The van der Waals surface area contributed by atoms with Crippen molar-refractivity contribution in [2.24, 2.45) is 0 Å². The van der Waals surface area contributed by atoms with E-state index in [9.17, 15) is 0 Å². The minimum Gasteiger partial charge on any atom is -0.369 e. The average Bonchev–Trinajstić information content (AvgIpc) is 2.79. The third kappa shape index (κ3) is 2.85. The first-order valence-electron chi connectivity index (χ1n) is 6.18. The van der Waals surface area contributed by atoms with Gasteiger partial charge in [0.15, 0.2) is 0 Å². The van der Waals surface area contributed by atoms with Crippen LogP contribution in [0.3, 0.4) is 0 Å². The van der Waals surface area contributed by atoms with Gasteiger partial charge in [-0.3, -0.25) is 4.98 Å². The first-order valence-corrected chi connectivity index (χ1v) is 6.18. The Bertz CT molecular complexity index is 366. The van der Waals surface area contributed by atoms with Gasteiger partial charge in [-0.25, -0.2) is 4.98 Å². The monoisotopic (exact) mass is 235 g/mol. The van der Waals surface area contributed by atoms with Crippen LogP contribution in [-0.4, -0.2) is 54.6 Å². The van der Waals surface area contributed by atoms with E-state index in [4.69, 9.17) is 0 Å². The lowest BCUT2D eigenvalue weighted by Crippen LogP contribution is -2.31. The summed E-state index contributed by atoms with van der Waals surface area (Å²) in [6, 6.07) is 0.625. The van der Waals surface area contributed by atoms with E-state index in [1.807, 2.05) is 6.20 Å². The highest BCUT2D eigenvalue weighted by atomic mass is 15.3. The molecule has 0 amide bonds. The zero-order valence-electron chi connectivity index (χ0n) is 10.8. The molecule has 1 fully saturated rings. The van der Waals surface area contributed by atoms with Crippen LogP contribution in [0.4, 0.5) is 11.6 Å². The third-order valence-electron chi connectivity index (χ3n) is 3.20. The molecule has 1 saturated heterocycles. The second-order valence-corrected chi connectivity index (χ2v) is 4.64. The topological polar surface area (TPSA) is 44.3 Å². The number of nitrogens with one attached hydrogen (secondary N) is 1. The van der Waals surface area contributed by atoms with E-state index >= 15 is 0 Å². The summed E-state index contributed by atoms with van der Waals surface area (Å²) in [6.45, 7) is 5.04. The third-order valence-corrected chi connectivity index (χ3v) is 3.20. The van der Waals surface area contributed by atoms with Gasteiger partial charge in [-0.05, 0) is 27.4 Å². The van der Waals surface area contributed by atoms with Crippen molar-refractivity contribution in [2.45, 2.75) is 19.4 Å². The Hall–Kier alpha value is -1.36. The van der Waals surface area contributed by atoms with E-state index < -0.39 is 0 Å². The minimum absolute atomic E-state index is 0.625. The number of anilines is 2. The number of hydrogen-bond donors (Lipinski definition) is 1. The van der Waals surface area contributed by atoms with E-state index in [1.165, 1.54) is 6.42 Å². The molecule has 2 heterocycles. The molecule has 1 aliphatic heterocycles. The maximum absolute atomic E-state index is 4.57. The molecule has 0 aromatic carbocycles. The predicted molar refractivity (Wildman–Crippen MR) is 70.5 cm³/mol. The Morgan fingerprint density at radius 1 is 1.47 bits per heavy atom. The van der Waals surface area contributed by atoms with Crippen LogP contribution in [0.5, 0.6) is 0 Å². The van der Waals surface area contributed by atoms with Gasteiger partial charge >= 0.3 is 0 Å². The second kappa shape index (κ2) is 5.31. The van der Waals surface area contributed by atoms with Gasteiger partial charge in [0.2, 0.25) is 0 Å². The van der Waals surface area contributed by atoms with Gasteiger partial charge in [-0.15, -0.1) is 0 Å². The van der Waals surface area contributed by atoms with E-state index in [2.05, 4.69) is 46.1 Å². The van der Waals surface area contributed by atoms with E-state index in [-0.39, 0.29) is 0 Å². The highest BCUT2D eigenvalue weighted by Gasteiger charge is 2.24. The predicted octanol–water partition coefficient (Wildman–Crippen LogP) is 1.05. The Morgan fingerprint density at radius 3 is 2.94 bits per heavy atom. The van der Waals surface area contributed by atoms with Crippen molar-refractivity contribution >= 4 is 11.6 Å². The van der Waals surface area contributed by atoms with Gasteiger partial charge < -0.3 is 15.1 Å². The van der Waals surface area contributed by atoms with Crippen molar-refractivity contribution in [1.29, 1.82) is 0 Å². The largest absolute Gasteiger partial charge is 0.369 e. The summed E-state index contributed by atoms with van der Waals surface area (Å²) in [5, 5.41) is 3.19. The Kier molecular flexibility index (Phi) is 3.78. The molecule has 94 valence electrons. The smallest absolute Gasteiger partial charge is 0.149 e. The molecule has 1 unspecified atom stereocenters. The summed E-state index contributed by atoms with van der Waals surface area (Å²) in [6.07, 6.45) is 4.81. The molecular formula is C12H21N5. The Morgan fingerprint density at radius 2 is 2.29 bits per heavy atom. The average molecular weight is 235 g/mol. The lowest BCUT2D eigenvalue weighted by atomic mass is 10.2. The molecule has 0 saturated carbocycles. The summed E-state index contributed by atoms with van der Waals surface area (Å²) < 4.78 is 0. The quantitative estimate of drug-likeness (QED) is 0.845. The van der Waals surface area contributed by atoms with E-state index in [0.29, 0.717) is 6.04 Å². The first kappa shape index (κ1) is 12.1. The van der Waals surface area contributed by atoms with Crippen LogP contribution in [0.2, 0.25) is 0 Å². The second-order valence-electron chi connectivity index (χ2n) is 4.64. The van der Waals surface area contributed by atoms with Gasteiger partial charge in [-0.2, -0.15) is 0 Å². The first-order chi connectivity index (χ1) is 8.20. The molecule has 0 aliphatic carbocycles. The van der Waals surface area contributed by atoms with Gasteiger partial charge in [-0.1, -0.05) is 0 Å². The van der Waals surface area contributed by atoms with Crippen molar-refractivity contribution in [2.75, 3.05) is 43.9 Å². The normalized spacial score (nSPS) is 20.0. The van der Waals surface area contributed by atoms with Crippen LogP contribution >= 0.6 is 0 Å². The standard InChI is InChI=1S/C12H21N5/c1-4-14-11-7-13-8-12(15-11)17-6-5-10(9-17)16(2)3/h7-8,10H,4-6,9H2,1-3H3,(H,14,15). The summed E-state index contributed by atoms with van der Waals surface area (Å²) in [7, 11) is 4.27. The molecule has 5 nitrogen and oxygen atoms in total. The highest BCUT2D eigenvalue weighted by molar-refractivity contribution is 5.44. The van der Waals surface area contributed by atoms with Crippen molar-refractivity contribution in [3.05, 3.63) is 12.4 Å². The number of aromatic nitrogens is 2.